The van der Waals surface area contributed by atoms with Crippen LogP contribution < -0.4 is 0 Å². The molecule has 1 aliphatic heterocycles. The third-order valence-corrected chi connectivity index (χ3v) is 7.42. The van der Waals surface area contributed by atoms with E-state index in [-0.39, 0.29) is 41.3 Å². The van der Waals surface area contributed by atoms with E-state index in [9.17, 15) is 19.2 Å². The Morgan fingerprint density at radius 1 is 0.967 bits per heavy atom. The van der Waals surface area contributed by atoms with Crippen LogP contribution in [0.4, 0.5) is 0 Å². The van der Waals surface area contributed by atoms with Crippen molar-refractivity contribution in [2.45, 2.75) is 39.3 Å². The van der Waals surface area contributed by atoms with Crippen LogP contribution in [0.15, 0.2) is 36.4 Å². The summed E-state index contributed by atoms with van der Waals surface area (Å²) < 4.78 is 5.37. The number of hydrogen-bond acceptors (Lipinski definition) is 5. The number of aryl methyl sites for hydroxylation is 1. The number of amides is 2. The maximum Gasteiger partial charge on any atom is 0.329 e. The monoisotopic (exact) mass is 407 g/mol. The second-order valence-corrected chi connectivity index (χ2v) is 9.19. The van der Waals surface area contributed by atoms with Gasteiger partial charge in [0.15, 0.2) is 6.10 Å². The van der Waals surface area contributed by atoms with Gasteiger partial charge < -0.3 is 4.74 Å². The standard InChI is InChI=1S/C24H25NO5/c1-11-4-6-14(7-5-11)21(26)13(3)30-24(29)12(2)25-22(27)19-15-8-9-16(18-10-17(15)18)20(19)23(25)28/h4-9,12-13,15-20H,10H2,1-3H3/t12-,13-,15-,16-,17-,18+,19+,20+/m1/s1. The number of hydrogen-bond donors (Lipinski definition) is 0. The van der Waals surface area contributed by atoms with Crippen molar-refractivity contribution in [3.05, 3.63) is 47.5 Å². The van der Waals surface area contributed by atoms with E-state index in [1.165, 1.54) is 13.8 Å². The number of rotatable bonds is 5. The molecule has 2 bridgehead atoms. The van der Waals surface area contributed by atoms with Crippen LogP contribution in [0.1, 0.15) is 36.2 Å². The summed E-state index contributed by atoms with van der Waals surface area (Å²) in [4.78, 5) is 52.6. The highest BCUT2D eigenvalue weighted by Gasteiger charge is 2.67. The van der Waals surface area contributed by atoms with Gasteiger partial charge in [0.2, 0.25) is 17.6 Å². The number of benzene rings is 1. The fourth-order valence-electron chi connectivity index (χ4n) is 5.75. The minimum absolute atomic E-state index is 0.108. The van der Waals surface area contributed by atoms with Gasteiger partial charge >= 0.3 is 5.97 Å². The molecule has 156 valence electrons. The molecule has 0 N–H and O–H groups in total. The normalized spacial score (nSPS) is 35.0. The molecule has 0 radical (unpaired) electrons. The van der Waals surface area contributed by atoms with Gasteiger partial charge in [0.05, 0.1) is 11.8 Å². The molecule has 6 rings (SSSR count). The lowest BCUT2D eigenvalue weighted by Gasteiger charge is -2.37. The van der Waals surface area contributed by atoms with Crippen molar-refractivity contribution in [1.82, 2.24) is 4.90 Å². The van der Waals surface area contributed by atoms with Crippen LogP contribution in [-0.2, 0) is 19.1 Å². The number of carbonyl (C=O) groups excluding carboxylic acids is 4. The molecule has 4 aliphatic carbocycles. The van der Waals surface area contributed by atoms with Gasteiger partial charge in [-0.05, 0) is 50.9 Å². The van der Waals surface area contributed by atoms with E-state index in [1.54, 1.807) is 12.1 Å². The Morgan fingerprint density at radius 3 is 2.03 bits per heavy atom. The quantitative estimate of drug-likeness (QED) is 0.324. The molecule has 1 aromatic rings. The lowest BCUT2D eigenvalue weighted by atomic mass is 9.63. The van der Waals surface area contributed by atoms with Gasteiger partial charge in [0.25, 0.3) is 0 Å². The predicted octanol–water partition coefficient (Wildman–Crippen LogP) is 2.55. The van der Waals surface area contributed by atoms with Crippen LogP contribution in [-0.4, -0.2) is 40.6 Å². The summed E-state index contributed by atoms with van der Waals surface area (Å²) in [5.41, 5.74) is 1.48. The number of likely N-dealkylation sites (tertiary alicyclic amines) is 1. The molecule has 5 aliphatic rings. The first kappa shape index (κ1) is 19.2. The van der Waals surface area contributed by atoms with E-state index in [4.69, 9.17) is 4.74 Å². The van der Waals surface area contributed by atoms with Crippen LogP contribution in [0.25, 0.3) is 0 Å². The highest BCUT2D eigenvalue weighted by Crippen LogP contribution is 2.65. The van der Waals surface area contributed by atoms with E-state index >= 15 is 0 Å². The first-order valence-corrected chi connectivity index (χ1v) is 10.7. The molecule has 1 heterocycles. The topological polar surface area (TPSA) is 80.8 Å². The zero-order chi connectivity index (χ0) is 21.3. The summed E-state index contributed by atoms with van der Waals surface area (Å²) in [6.45, 7) is 4.94. The van der Waals surface area contributed by atoms with Crippen molar-refractivity contribution in [3.8, 4) is 0 Å². The molecule has 0 unspecified atom stereocenters. The Balaban J connectivity index is 1.29. The van der Waals surface area contributed by atoms with Gasteiger partial charge in [-0.25, -0.2) is 4.79 Å². The number of carbonyl (C=O) groups is 4. The summed E-state index contributed by atoms with van der Waals surface area (Å²) in [6.07, 6.45) is 4.29. The van der Waals surface area contributed by atoms with E-state index in [0.29, 0.717) is 17.4 Å². The van der Waals surface area contributed by atoms with E-state index < -0.39 is 18.1 Å². The second-order valence-electron chi connectivity index (χ2n) is 9.19. The average molecular weight is 407 g/mol. The van der Waals surface area contributed by atoms with E-state index in [1.807, 2.05) is 19.1 Å². The van der Waals surface area contributed by atoms with Crippen LogP contribution in [0.2, 0.25) is 0 Å². The van der Waals surface area contributed by atoms with Crippen molar-refractivity contribution in [2.75, 3.05) is 0 Å². The summed E-state index contributed by atoms with van der Waals surface area (Å²) >= 11 is 0. The molecule has 0 spiro atoms. The van der Waals surface area contributed by atoms with Crippen molar-refractivity contribution in [2.24, 2.45) is 35.5 Å². The maximum atomic E-state index is 13.1. The molecule has 2 saturated carbocycles. The molecule has 6 nitrogen and oxygen atoms in total. The lowest BCUT2D eigenvalue weighted by molar-refractivity contribution is -0.160. The molecule has 0 aromatic heterocycles. The Bertz CT molecular complexity index is 944. The van der Waals surface area contributed by atoms with Gasteiger partial charge in [-0.15, -0.1) is 0 Å². The SMILES string of the molecule is Cc1ccc(C(=O)[C@@H](C)OC(=O)[C@@H](C)N2C(=O)[C@H]3[C@@H]4C=C[C@H]([C@@H]5C[C@H]45)[C@@H]3C2=O)cc1. The maximum absolute atomic E-state index is 13.1. The van der Waals surface area contributed by atoms with Gasteiger partial charge in [0.1, 0.15) is 6.04 Å². The van der Waals surface area contributed by atoms with Crippen molar-refractivity contribution >= 4 is 23.6 Å². The number of ether oxygens (including phenoxy) is 1. The molecule has 2 amide bonds. The molecule has 30 heavy (non-hydrogen) atoms. The number of Topliss-reactive ketones (excluding diaryl/α,β-unsaturated/α-hetero) is 1. The Morgan fingerprint density at radius 2 is 1.50 bits per heavy atom. The number of esters is 1. The van der Waals surface area contributed by atoms with Gasteiger partial charge in [0, 0.05) is 5.56 Å². The van der Waals surface area contributed by atoms with Crippen molar-refractivity contribution < 1.29 is 23.9 Å². The minimum atomic E-state index is -1.04. The number of imide groups is 1. The molecule has 6 heteroatoms. The molecular weight excluding hydrogens is 382 g/mol. The molecule has 3 fully saturated rings. The largest absolute Gasteiger partial charge is 0.453 e. The third kappa shape index (κ3) is 2.69. The zero-order valence-electron chi connectivity index (χ0n) is 17.3. The number of allylic oxidation sites excluding steroid dienone is 2. The molecule has 8 atom stereocenters. The first-order chi connectivity index (χ1) is 14.3. The van der Waals surface area contributed by atoms with Crippen LogP contribution >= 0.6 is 0 Å². The van der Waals surface area contributed by atoms with Gasteiger partial charge in [-0.2, -0.15) is 0 Å². The van der Waals surface area contributed by atoms with Crippen LogP contribution in [0.3, 0.4) is 0 Å². The Hall–Kier alpha value is -2.76. The lowest BCUT2D eigenvalue weighted by Crippen LogP contribution is -2.46. The van der Waals surface area contributed by atoms with Crippen LogP contribution in [0.5, 0.6) is 0 Å². The summed E-state index contributed by atoms with van der Waals surface area (Å²) in [7, 11) is 0. The Labute approximate surface area is 175 Å². The fraction of sp³-hybridized carbons (Fsp3) is 0.500. The molecule has 1 saturated heterocycles. The minimum Gasteiger partial charge on any atom is -0.453 e. The van der Waals surface area contributed by atoms with Crippen LogP contribution in [0, 0.1) is 42.4 Å². The second kappa shape index (κ2) is 6.62. The molecule has 1 aromatic carbocycles. The smallest absolute Gasteiger partial charge is 0.329 e. The summed E-state index contributed by atoms with van der Waals surface area (Å²) in [5.74, 6) is -1.04. The zero-order valence-corrected chi connectivity index (χ0v) is 17.3. The van der Waals surface area contributed by atoms with Crippen molar-refractivity contribution in [3.63, 3.8) is 0 Å². The molecular formula is C24H25NO5. The predicted molar refractivity (Wildman–Crippen MR) is 107 cm³/mol. The third-order valence-electron chi connectivity index (χ3n) is 7.42. The van der Waals surface area contributed by atoms with Crippen molar-refractivity contribution in [1.29, 1.82) is 0 Å². The summed E-state index contributed by atoms with van der Waals surface area (Å²) in [6, 6.07) is 5.98. The fourth-order valence-corrected chi connectivity index (χ4v) is 5.75. The van der Waals surface area contributed by atoms with E-state index in [0.717, 1.165) is 16.9 Å². The summed E-state index contributed by atoms with van der Waals surface area (Å²) in [5, 5.41) is 0. The first-order valence-electron chi connectivity index (χ1n) is 10.7. The number of nitrogens with zero attached hydrogens (tertiary/aromatic N) is 1. The van der Waals surface area contributed by atoms with E-state index in [2.05, 4.69) is 12.2 Å². The highest BCUT2D eigenvalue weighted by molar-refractivity contribution is 6.09. The average Bonchev–Trinajstić information content (AvgIpc) is 3.51. The highest BCUT2D eigenvalue weighted by atomic mass is 16.5. The number of ketones is 1. The van der Waals surface area contributed by atoms with Gasteiger partial charge in [-0.3, -0.25) is 19.3 Å². The van der Waals surface area contributed by atoms with Gasteiger partial charge in [-0.1, -0.05) is 42.0 Å². The Kier molecular flexibility index (Phi) is 4.24.